The fourth-order valence-corrected chi connectivity index (χ4v) is 3.75. The second-order valence-corrected chi connectivity index (χ2v) is 7.33. The molecule has 1 aliphatic rings. The maximum Gasteiger partial charge on any atom is 0.299 e. The number of hydrogen-bond donors (Lipinski definition) is 1. The minimum absolute atomic E-state index is 0.0903. The van der Waals surface area contributed by atoms with Gasteiger partial charge in [-0.2, -0.15) is 0 Å². The summed E-state index contributed by atoms with van der Waals surface area (Å²) >= 11 is 3.30. The summed E-state index contributed by atoms with van der Waals surface area (Å²) in [5.74, 6) is -2.20. The Kier molecular flexibility index (Phi) is 5.02. The van der Waals surface area contributed by atoms with Gasteiger partial charge in [-0.1, -0.05) is 34.1 Å². The van der Waals surface area contributed by atoms with Crippen LogP contribution in [0.4, 0.5) is 4.39 Å². The fourth-order valence-electron chi connectivity index (χ4n) is 3.21. The van der Waals surface area contributed by atoms with Crippen LogP contribution >= 0.6 is 15.9 Å². The third-order valence-electron chi connectivity index (χ3n) is 4.72. The molecule has 0 saturated heterocycles. The summed E-state index contributed by atoms with van der Waals surface area (Å²) in [5.41, 5.74) is 0.788. The number of rotatable bonds is 3. The average molecular weight is 456 g/mol. The Morgan fingerprint density at radius 3 is 2.34 bits per heavy atom. The van der Waals surface area contributed by atoms with Crippen molar-refractivity contribution < 1.29 is 18.8 Å². The van der Waals surface area contributed by atoms with Crippen molar-refractivity contribution >= 4 is 44.4 Å². The summed E-state index contributed by atoms with van der Waals surface area (Å²) in [4.78, 5) is 43.4. The second kappa shape index (κ2) is 7.63. The summed E-state index contributed by atoms with van der Waals surface area (Å²) in [6.45, 7) is 0.437. The number of carbonyl (C=O) groups is 3. The van der Waals surface area contributed by atoms with E-state index in [4.69, 9.17) is 0 Å². The van der Waals surface area contributed by atoms with E-state index in [2.05, 4.69) is 20.9 Å². The summed E-state index contributed by atoms with van der Waals surface area (Å²) in [5, 5.41) is 0.324. The van der Waals surface area contributed by atoms with Gasteiger partial charge in [0.05, 0.1) is 11.1 Å². The van der Waals surface area contributed by atoms with Crippen LogP contribution in [0.3, 0.4) is 0 Å². The van der Waals surface area contributed by atoms with Crippen LogP contribution in [0.15, 0.2) is 65.5 Å². The van der Waals surface area contributed by atoms with E-state index >= 15 is 0 Å². The number of nitrogens with zero attached hydrogens (tertiary/aromatic N) is 2. The molecule has 0 fully saturated rings. The van der Waals surface area contributed by atoms with Gasteiger partial charge in [0.2, 0.25) is 0 Å². The lowest BCUT2D eigenvalue weighted by molar-refractivity contribution is -0.124. The number of hydrogen-bond acceptors (Lipinski definition) is 3. The summed E-state index contributed by atoms with van der Waals surface area (Å²) < 4.78 is 14.5. The molecule has 2 heterocycles. The zero-order chi connectivity index (χ0) is 20.5. The molecule has 1 aromatic heterocycles. The molecule has 6 nitrogen and oxygen atoms in total. The summed E-state index contributed by atoms with van der Waals surface area (Å²) in [6, 6.07) is 11.6. The molecule has 29 heavy (non-hydrogen) atoms. The Balaban J connectivity index is 1.53. The molecule has 3 aromatic rings. The molecule has 4 rings (SSSR count). The smallest absolute Gasteiger partial charge is 0.299 e. The van der Waals surface area contributed by atoms with E-state index < -0.39 is 17.5 Å². The first-order valence-electron chi connectivity index (χ1n) is 8.82. The number of H-pyrrole nitrogens is 1. The number of benzene rings is 2. The molecule has 0 saturated carbocycles. The topological polar surface area (TPSA) is 73.5 Å². The number of amides is 2. The highest BCUT2D eigenvalue weighted by Gasteiger charge is 2.28. The Hall–Kier alpha value is -3.26. The van der Waals surface area contributed by atoms with E-state index in [1.54, 1.807) is 24.3 Å². The molecule has 0 spiro atoms. The quantitative estimate of drug-likeness (QED) is 0.483. The highest BCUT2D eigenvalue weighted by molar-refractivity contribution is 9.10. The minimum Gasteiger partial charge on any atom is -0.358 e. The van der Waals surface area contributed by atoms with E-state index in [1.807, 2.05) is 6.07 Å². The van der Waals surface area contributed by atoms with Crippen molar-refractivity contribution in [3.63, 3.8) is 0 Å². The molecule has 0 atom stereocenters. The van der Waals surface area contributed by atoms with Crippen LogP contribution in [-0.4, -0.2) is 45.5 Å². The largest absolute Gasteiger partial charge is 0.358 e. The normalized spacial score (nSPS) is 13.7. The highest BCUT2D eigenvalue weighted by atomic mass is 79.9. The number of ketones is 1. The third kappa shape index (κ3) is 3.47. The van der Waals surface area contributed by atoms with Gasteiger partial charge >= 0.3 is 0 Å². The summed E-state index contributed by atoms with van der Waals surface area (Å²) in [7, 11) is 0. The van der Waals surface area contributed by atoms with Crippen LogP contribution in [-0.2, 0) is 4.79 Å². The number of fused-ring (bicyclic) bond motifs is 1. The van der Waals surface area contributed by atoms with E-state index in [1.165, 1.54) is 40.5 Å². The minimum atomic E-state index is -0.755. The van der Waals surface area contributed by atoms with Gasteiger partial charge in [0, 0.05) is 47.1 Å². The van der Waals surface area contributed by atoms with Crippen LogP contribution in [0.25, 0.3) is 10.9 Å². The maximum absolute atomic E-state index is 14.0. The lowest BCUT2D eigenvalue weighted by Crippen LogP contribution is -2.42. The molecule has 1 N–H and O–H groups in total. The zero-order valence-corrected chi connectivity index (χ0v) is 16.6. The van der Waals surface area contributed by atoms with Crippen molar-refractivity contribution in [1.82, 2.24) is 14.8 Å². The van der Waals surface area contributed by atoms with Gasteiger partial charge in [-0.05, 0) is 24.3 Å². The van der Waals surface area contributed by atoms with Gasteiger partial charge in [0.1, 0.15) is 5.82 Å². The molecular formula is C21H15BrFN3O3. The lowest BCUT2D eigenvalue weighted by atomic mass is 10.1. The summed E-state index contributed by atoms with van der Waals surface area (Å²) in [6.07, 6.45) is 4.22. The van der Waals surface area contributed by atoms with Gasteiger partial charge in [0.25, 0.3) is 17.6 Å². The Labute approximate surface area is 173 Å². The number of carbonyl (C=O) groups excluding carboxylic acids is 3. The number of nitrogens with one attached hydrogen (secondary N) is 1. The number of halogens is 2. The van der Waals surface area contributed by atoms with Crippen LogP contribution in [0.2, 0.25) is 0 Å². The first-order valence-corrected chi connectivity index (χ1v) is 9.61. The van der Waals surface area contributed by atoms with Gasteiger partial charge < -0.3 is 14.8 Å². The van der Waals surface area contributed by atoms with Crippen LogP contribution < -0.4 is 0 Å². The zero-order valence-electron chi connectivity index (χ0n) is 15.1. The fraction of sp³-hybridized carbons (Fsp3) is 0.0952. The number of aromatic amines is 1. The molecule has 1 aliphatic heterocycles. The molecule has 0 radical (unpaired) electrons. The molecule has 146 valence electrons. The van der Waals surface area contributed by atoms with Crippen LogP contribution in [0.1, 0.15) is 20.7 Å². The predicted octanol–water partition coefficient (Wildman–Crippen LogP) is 3.71. The van der Waals surface area contributed by atoms with Gasteiger partial charge in [-0.15, -0.1) is 0 Å². The second-order valence-electron chi connectivity index (χ2n) is 6.47. The van der Waals surface area contributed by atoms with Gasteiger partial charge in [0.15, 0.2) is 0 Å². The van der Waals surface area contributed by atoms with Crippen molar-refractivity contribution in [3.8, 4) is 0 Å². The van der Waals surface area contributed by atoms with Gasteiger partial charge in [-0.25, -0.2) is 4.39 Å². The van der Waals surface area contributed by atoms with Crippen molar-refractivity contribution in [2.75, 3.05) is 13.1 Å². The molecule has 2 amide bonds. The van der Waals surface area contributed by atoms with E-state index in [9.17, 15) is 18.8 Å². The standard InChI is InChI=1S/C21H15BrFN3O3/c22-15-6-7-16(23)18-17(15)14(12-24-18)19(27)21(29)26-10-8-25(9-11-26)20(28)13-4-2-1-3-5-13/h1-8,10,12,24H,9,11H2. The SMILES string of the molecule is O=C(C(=O)N1C=CN(C(=O)c2ccccc2)CC1)c1c[nH]c2c(F)ccc(Br)c12. The number of aromatic nitrogens is 1. The first-order chi connectivity index (χ1) is 14.0. The Morgan fingerprint density at radius 2 is 1.66 bits per heavy atom. The molecular weight excluding hydrogens is 441 g/mol. The van der Waals surface area contributed by atoms with Crippen LogP contribution in [0, 0.1) is 5.82 Å². The first kappa shape index (κ1) is 19.1. The molecule has 0 unspecified atom stereocenters. The van der Waals surface area contributed by atoms with Crippen LogP contribution in [0.5, 0.6) is 0 Å². The van der Waals surface area contributed by atoms with Crippen molar-refractivity contribution in [2.24, 2.45) is 0 Å². The Bertz CT molecular complexity index is 1160. The van der Waals surface area contributed by atoms with Crippen molar-refractivity contribution in [1.29, 1.82) is 0 Å². The maximum atomic E-state index is 14.0. The highest BCUT2D eigenvalue weighted by Crippen LogP contribution is 2.29. The number of Topliss-reactive ketones (excluding diaryl/α,β-unsaturated/α-hetero) is 1. The predicted molar refractivity (Wildman–Crippen MR) is 109 cm³/mol. The van der Waals surface area contributed by atoms with Crippen molar-refractivity contribution in [2.45, 2.75) is 0 Å². The van der Waals surface area contributed by atoms with Gasteiger partial charge in [-0.3, -0.25) is 14.4 Å². The molecule has 0 bridgehead atoms. The third-order valence-corrected chi connectivity index (χ3v) is 5.38. The average Bonchev–Trinajstić information content (AvgIpc) is 3.22. The molecule has 8 heteroatoms. The Morgan fingerprint density at radius 1 is 0.966 bits per heavy atom. The van der Waals surface area contributed by atoms with E-state index in [0.717, 1.165) is 0 Å². The molecule has 0 aliphatic carbocycles. The molecule has 2 aromatic carbocycles. The lowest BCUT2D eigenvalue weighted by Gasteiger charge is -2.28. The van der Waals surface area contributed by atoms with Crippen molar-refractivity contribution in [3.05, 3.63) is 82.5 Å². The monoisotopic (exact) mass is 455 g/mol. The van der Waals surface area contributed by atoms with E-state index in [0.29, 0.717) is 15.4 Å². The van der Waals surface area contributed by atoms with E-state index in [-0.39, 0.29) is 30.1 Å².